The molecular formula is C30H28N2+2. The summed E-state index contributed by atoms with van der Waals surface area (Å²) in [7, 11) is 0. The van der Waals surface area contributed by atoms with Crippen LogP contribution in [0.25, 0.3) is 11.1 Å². The minimum atomic E-state index is 1.15. The predicted molar refractivity (Wildman–Crippen MR) is 136 cm³/mol. The topological polar surface area (TPSA) is 6.02 Å². The van der Waals surface area contributed by atoms with Crippen molar-refractivity contribution in [3.05, 3.63) is 107 Å². The molecule has 0 unspecified atom stereocenters. The highest BCUT2D eigenvalue weighted by Crippen LogP contribution is 2.41. The average molecular weight is 417 g/mol. The summed E-state index contributed by atoms with van der Waals surface area (Å²) < 4.78 is 4.48. The molecule has 0 fully saturated rings. The molecule has 0 aliphatic carbocycles. The van der Waals surface area contributed by atoms with E-state index < -0.39 is 0 Å². The van der Waals surface area contributed by atoms with Gasteiger partial charge in [0.05, 0.1) is 0 Å². The number of nitrogens with zero attached hydrogens (tertiary/aromatic N) is 2. The molecule has 0 bridgehead atoms. The number of para-hydroxylation sites is 1. The van der Waals surface area contributed by atoms with E-state index in [-0.39, 0.29) is 0 Å². The first-order valence-electron chi connectivity index (χ1n) is 11.1. The molecule has 32 heavy (non-hydrogen) atoms. The average Bonchev–Trinajstić information content (AvgIpc) is 3.12. The highest BCUT2D eigenvalue weighted by molar-refractivity contribution is 5.89. The zero-order valence-corrected chi connectivity index (χ0v) is 19.4. The molecule has 0 radical (unpaired) electrons. The van der Waals surface area contributed by atoms with Crippen molar-refractivity contribution < 1.29 is 0 Å². The van der Waals surface area contributed by atoms with E-state index >= 15 is 0 Å². The number of hydrogen-bond acceptors (Lipinski definition) is 0. The summed E-state index contributed by atoms with van der Waals surface area (Å²) in [6, 6.07) is 32.0. The van der Waals surface area contributed by atoms with Gasteiger partial charge in [0.2, 0.25) is 11.4 Å². The zero-order chi connectivity index (χ0) is 22.4. The summed E-state index contributed by atoms with van der Waals surface area (Å²) in [5.41, 5.74) is 13.4. The molecule has 0 saturated heterocycles. The normalized spacial score (nSPS) is 12.4. The first-order valence-corrected chi connectivity index (χ1v) is 11.1. The molecule has 1 heterocycles. The Morgan fingerprint density at radius 2 is 1.09 bits per heavy atom. The molecule has 0 amide bonds. The van der Waals surface area contributed by atoms with Crippen LogP contribution in [0.5, 0.6) is 0 Å². The lowest BCUT2D eigenvalue weighted by atomic mass is 10.0. The summed E-state index contributed by atoms with van der Waals surface area (Å²) in [4.78, 5) is 0. The van der Waals surface area contributed by atoms with E-state index in [4.69, 9.17) is 0 Å². The largest absolute Gasteiger partial charge is 0.503 e. The van der Waals surface area contributed by atoms with Crippen LogP contribution in [-0.2, 0) is 0 Å². The van der Waals surface area contributed by atoms with Crippen LogP contribution in [0.15, 0.2) is 78.9 Å². The molecule has 4 aromatic carbocycles. The number of rotatable bonds is 3. The predicted octanol–water partition coefficient (Wildman–Crippen LogP) is 7.75. The second kappa shape index (κ2) is 7.75. The standard InChI is InChI=1S/C30H28N2/c1-20-16-23(4)30(24(5)17-20)31-19-32(29-21(2)10-9-11-22(29)3)28-18-26(14-15-27(28)31)25-12-7-6-8-13-25/h6-18H,1-5H3/q+2. The van der Waals surface area contributed by atoms with E-state index in [0.29, 0.717) is 0 Å². The summed E-state index contributed by atoms with van der Waals surface area (Å²) in [6.07, 6.45) is 0. The quantitative estimate of drug-likeness (QED) is 0.265. The molecule has 1 aliphatic heterocycles. The van der Waals surface area contributed by atoms with Gasteiger partial charge in [-0.1, -0.05) is 54.1 Å². The van der Waals surface area contributed by atoms with Crippen LogP contribution in [0.2, 0.25) is 0 Å². The zero-order valence-electron chi connectivity index (χ0n) is 19.4. The Labute approximate surface area is 190 Å². The van der Waals surface area contributed by atoms with Crippen molar-refractivity contribution in [2.75, 3.05) is 0 Å². The highest BCUT2D eigenvalue weighted by Gasteiger charge is 2.39. The number of hydrogen-bond donors (Lipinski definition) is 0. The molecule has 2 nitrogen and oxygen atoms in total. The Kier molecular flexibility index (Phi) is 4.89. The smallest absolute Gasteiger partial charge is 0.0622 e. The Morgan fingerprint density at radius 1 is 0.500 bits per heavy atom. The lowest BCUT2D eigenvalue weighted by molar-refractivity contribution is 1.07. The molecule has 1 aliphatic rings. The SMILES string of the molecule is Cc1cc(C)c([N+]2=C=[N+](c3c(C)cccc3C)c3cc(-c4ccccc4)ccc32)c(C)c1. The maximum absolute atomic E-state index is 3.72. The minimum Gasteiger partial charge on any atom is -0.0622 e. The maximum Gasteiger partial charge on any atom is 0.503 e. The van der Waals surface area contributed by atoms with Crippen molar-refractivity contribution in [2.24, 2.45) is 0 Å². The Balaban J connectivity index is 1.81. The van der Waals surface area contributed by atoms with Crippen LogP contribution in [0.3, 0.4) is 0 Å². The minimum absolute atomic E-state index is 1.15. The van der Waals surface area contributed by atoms with Crippen molar-refractivity contribution in [3.63, 3.8) is 0 Å². The summed E-state index contributed by atoms with van der Waals surface area (Å²) in [5, 5.41) is 0. The molecule has 0 saturated carbocycles. The summed E-state index contributed by atoms with van der Waals surface area (Å²) in [6.45, 7) is 10.9. The number of aryl methyl sites for hydroxylation is 5. The van der Waals surface area contributed by atoms with E-state index in [1.807, 2.05) is 0 Å². The molecule has 2 heteroatoms. The second-order valence-electron chi connectivity index (χ2n) is 8.83. The Hall–Kier alpha value is -3.74. The van der Waals surface area contributed by atoms with Gasteiger partial charge in [-0.2, -0.15) is 0 Å². The third kappa shape index (κ3) is 3.30. The van der Waals surface area contributed by atoms with Crippen LogP contribution in [-0.4, -0.2) is 6.01 Å². The molecule has 0 spiro atoms. The van der Waals surface area contributed by atoms with E-state index in [0.717, 1.165) is 11.4 Å². The molecule has 5 rings (SSSR count). The van der Waals surface area contributed by atoms with Gasteiger partial charge in [0.15, 0.2) is 0 Å². The van der Waals surface area contributed by atoms with E-state index in [2.05, 4.69) is 129 Å². The molecule has 4 aromatic rings. The fourth-order valence-corrected chi connectivity index (χ4v) is 4.93. The number of benzene rings is 4. The van der Waals surface area contributed by atoms with Crippen LogP contribution in [0.1, 0.15) is 27.8 Å². The van der Waals surface area contributed by atoms with Crippen LogP contribution >= 0.6 is 0 Å². The molecular weight excluding hydrogens is 388 g/mol. The van der Waals surface area contributed by atoms with E-state index in [1.54, 1.807) is 0 Å². The van der Waals surface area contributed by atoms with Crippen LogP contribution in [0, 0.1) is 34.6 Å². The Bertz CT molecular complexity index is 1390. The van der Waals surface area contributed by atoms with Gasteiger partial charge in [-0.25, -0.2) is 0 Å². The van der Waals surface area contributed by atoms with Gasteiger partial charge in [0.1, 0.15) is 0 Å². The van der Waals surface area contributed by atoms with Crippen molar-refractivity contribution in [1.82, 2.24) is 9.15 Å². The van der Waals surface area contributed by atoms with Gasteiger partial charge < -0.3 is 0 Å². The van der Waals surface area contributed by atoms with Crippen molar-refractivity contribution in [3.8, 4) is 11.1 Å². The third-order valence-corrected chi connectivity index (χ3v) is 6.29. The third-order valence-electron chi connectivity index (χ3n) is 6.29. The summed E-state index contributed by atoms with van der Waals surface area (Å²) in [5.74, 6) is 0. The maximum atomic E-state index is 3.72. The fourth-order valence-electron chi connectivity index (χ4n) is 4.93. The first-order chi connectivity index (χ1) is 15.4. The fraction of sp³-hybridized carbons (Fsp3) is 0.167. The molecule has 0 atom stereocenters. The van der Waals surface area contributed by atoms with Gasteiger partial charge in [-0.3, -0.25) is 0 Å². The second-order valence-corrected chi connectivity index (χ2v) is 8.83. The lowest BCUT2D eigenvalue weighted by Crippen LogP contribution is -2.05. The monoisotopic (exact) mass is 416 g/mol. The van der Waals surface area contributed by atoms with Crippen molar-refractivity contribution in [1.29, 1.82) is 0 Å². The number of fused-ring (bicyclic) bond motifs is 1. The molecule has 0 aromatic heterocycles. The highest BCUT2D eigenvalue weighted by atomic mass is 15.2. The van der Waals surface area contributed by atoms with Gasteiger partial charge in [0.25, 0.3) is 11.4 Å². The van der Waals surface area contributed by atoms with Crippen molar-refractivity contribution >= 4 is 28.8 Å². The van der Waals surface area contributed by atoms with Gasteiger partial charge >= 0.3 is 6.01 Å². The molecule has 156 valence electrons. The van der Waals surface area contributed by atoms with Gasteiger partial charge in [0, 0.05) is 34.4 Å². The van der Waals surface area contributed by atoms with Gasteiger partial charge in [-0.05, 0) is 73.1 Å². The molecule has 0 N–H and O–H groups in total. The van der Waals surface area contributed by atoms with Crippen LogP contribution in [0.4, 0.5) is 22.7 Å². The van der Waals surface area contributed by atoms with E-state index in [9.17, 15) is 0 Å². The van der Waals surface area contributed by atoms with Crippen LogP contribution < -0.4 is 9.15 Å². The van der Waals surface area contributed by atoms with Crippen molar-refractivity contribution in [2.45, 2.75) is 34.6 Å². The van der Waals surface area contributed by atoms with E-state index in [1.165, 1.54) is 50.3 Å². The Morgan fingerprint density at radius 3 is 1.75 bits per heavy atom. The summed E-state index contributed by atoms with van der Waals surface area (Å²) >= 11 is 0. The first kappa shape index (κ1) is 20.2. The van der Waals surface area contributed by atoms with Gasteiger partial charge in [-0.15, -0.1) is 0 Å². The lowest BCUT2D eigenvalue weighted by Gasteiger charge is -2.06.